The van der Waals surface area contributed by atoms with E-state index < -0.39 is 0 Å². The zero-order valence-corrected chi connectivity index (χ0v) is 78.9. The fourth-order valence-electron chi connectivity index (χ4n) is 22.6. The Hall–Kier alpha value is -18.0. The lowest BCUT2D eigenvalue weighted by atomic mass is 9.92. The van der Waals surface area contributed by atoms with Crippen LogP contribution in [0.15, 0.2) is 522 Å². The zero-order valence-electron chi connectivity index (χ0n) is 77.3. The Morgan fingerprint density at radius 1 is 0.148 bits per heavy atom. The number of benzene rings is 25. The second-order valence-electron chi connectivity index (χ2n) is 37.2. The van der Waals surface area contributed by atoms with Crippen LogP contribution in [0.2, 0.25) is 0 Å². The van der Waals surface area contributed by atoms with Gasteiger partial charge in [-0.15, -0.1) is 22.7 Å². The molecule has 0 atom stereocenters. The smallest absolute Gasteiger partial charge is 0.0640 e. The van der Waals surface area contributed by atoms with Gasteiger partial charge >= 0.3 is 0 Å². The fourth-order valence-corrected chi connectivity index (χ4v) is 25.0. The van der Waals surface area contributed by atoms with Gasteiger partial charge < -0.3 is 18.9 Å². The van der Waals surface area contributed by atoms with Crippen molar-refractivity contribution in [3.05, 3.63) is 522 Å². The van der Waals surface area contributed by atoms with Crippen molar-refractivity contribution in [2.75, 3.05) is 9.80 Å². The van der Waals surface area contributed by atoms with Crippen molar-refractivity contribution in [3.63, 3.8) is 0 Å². The molecule has 0 fully saturated rings. The number of rotatable bonds is 14. The van der Waals surface area contributed by atoms with Gasteiger partial charge in [-0.2, -0.15) is 0 Å². The van der Waals surface area contributed by atoms with E-state index in [2.05, 4.69) is 541 Å². The average Bonchev–Trinajstić information content (AvgIpc) is 1.66. The van der Waals surface area contributed by atoms with Crippen LogP contribution in [0.1, 0.15) is 0 Å². The van der Waals surface area contributed by atoms with Crippen molar-refractivity contribution >= 4 is 216 Å². The van der Waals surface area contributed by atoms with Gasteiger partial charge in [0.1, 0.15) is 0 Å². The molecule has 0 aliphatic heterocycles. The topological polar surface area (TPSA) is 16.3 Å². The van der Waals surface area contributed by atoms with Gasteiger partial charge in [0.25, 0.3) is 0 Å². The first-order chi connectivity index (χ1) is 70.4. The molecule has 4 heterocycles. The maximum absolute atomic E-state index is 2.44. The van der Waals surface area contributed by atoms with Crippen LogP contribution in [-0.4, -0.2) is 9.13 Å². The molecule has 0 N–H and O–H groups in total. The monoisotopic (exact) mass is 1840 g/mol. The summed E-state index contributed by atoms with van der Waals surface area (Å²) in [7, 11) is 0. The Balaban J connectivity index is 0.000000139. The third kappa shape index (κ3) is 13.8. The fraction of sp³-hybridized carbons (Fsp3) is 0. The van der Waals surface area contributed by atoms with Gasteiger partial charge in [-0.05, 0) is 300 Å². The Labute approximate surface area is 828 Å². The quantitative estimate of drug-likeness (QED) is 0.101. The summed E-state index contributed by atoms with van der Waals surface area (Å²) in [6.45, 7) is 0. The van der Waals surface area contributed by atoms with Crippen LogP contribution < -0.4 is 9.80 Å². The minimum Gasteiger partial charge on any atom is -0.309 e. The van der Waals surface area contributed by atoms with E-state index in [1.807, 2.05) is 22.7 Å². The lowest BCUT2D eigenvalue weighted by molar-refractivity contribution is 1.18. The molecule has 0 saturated carbocycles. The molecule has 0 aliphatic rings. The van der Waals surface area contributed by atoms with Crippen molar-refractivity contribution in [1.29, 1.82) is 0 Å². The molecule has 662 valence electrons. The molecular weight excluding hydrogens is 1750 g/mol. The highest BCUT2D eigenvalue weighted by Crippen LogP contribution is 2.51. The summed E-state index contributed by atoms with van der Waals surface area (Å²) in [5, 5.41) is 28.0. The van der Waals surface area contributed by atoms with Crippen molar-refractivity contribution in [2.24, 2.45) is 0 Å². The van der Waals surface area contributed by atoms with Crippen molar-refractivity contribution < 1.29 is 0 Å². The van der Waals surface area contributed by atoms with E-state index in [4.69, 9.17) is 0 Å². The Morgan fingerprint density at radius 2 is 0.394 bits per heavy atom. The number of para-hydroxylation sites is 2. The number of nitrogens with zero attached hydrogens (tertiary/aromatic N) is 4. The lowest BCUT2D eigenvalue weighted by Gasteiger charge is -2.26. The summed E-state index contributed by atoms with van der Waals surface area (Å²) < 4.78 is 9.94. The van der Waals surface area contributed by atoms with E-state index in [0.29, 0.717) is 0 Å². The van der Waals surface area contributed by atoms with Gasteiger partial charge in [0, 0.05) is 86.6 Å². The summed E-state index contributed by atoms with van der Waals surface area (Å²) in [6, 6.07) is 192. The van der Waals surface area contributed by atoms with Crippen LogP contribution in [0, 0.1) is 0 Å². The minimum absolute atomic E-state index is 1.10. The summed E-state index contributed by atoms with van der Waals surface area (Å²) in [5.41, 5.74) is 28.2. The van der Waals surface area contributed by atoms with Gasteiger partial charge in [-0.25, -0.2) is 0 Å². The minimum atomic E-state index is 1.10. The standard InChI is InChI=1S/C70H44N2S.C66H42N2S/c1-2-16-51(17-3-1)72-66-40-33-49(43-64(66)65-44-50(34-41-67(65)72)55-24-12-15-47-14-4-5-18-54(47)55)46-30-37-53(38-31-46)71(68-26-13-25-62-61-23-10-11-27-69(61)73-70(62)68)52-35-28-45(29-36-52)48-32-39-60-58-21-7-6-19-56(58)57-20-8-9-22-59(57)63(60)42-48;1-3-14-43(15-4-1)47-31-38-62-60(41-47)61-42-48(32-39-63(61)68(62)49-16-5-2-6-17-49)45-28-35-51(36-29-45)67(64-24-13-23-58-57-22-11-12-25-65(57)69-66(58)64)50-33-26-44(27-34-50)46-30-37-56-54-20-8-7-18-52(54)53-19-9-10-21-55(53)59(56)40-46/h1-44H;1-42H. The van der Waals surface area contributed by atoms with E-state index in [0.717, 1.165) is 34.1 Å². The molecule has 0 saturated heterocycles. The molecule has 29 aromatic rings. The highest BCUT2D eigenvalue weighted by molar-refractivity contribution is 7.27. The van der Waals surface area contributed by atoms with Crippen LogP contribution in [-0.2, 0) is 0 Å². The summed E-state index contributed by atoms with van der Waals surface area (Å²) >= 11 is 3.73. The summed E-state index contributed by atoms with van der Waals surface area (Å²) in [4.78, 5) is 4.88. The Morgan fingerprint density at radius 3 is 0.761 bits per heavy atom. The summed E-state index contributed by atoms with van der Waals surface area (Å²) in [6.07, 6.45) is 0. The van der Waals surface area contributed by atoms with Gasteiger partial charge in [0.2, 0.25) is 0 Å². The molecular formula is C136H86N4S2. The molecule has 0 unspecified atom stereocenters. The van der Waals surface area contributed by atoms with Crippen molar-refractivity contribution in [1.82, 2.24) is 9.13 Å². The van der Waals surface area contributed by atoms with Gasteiger partial charge in [-0.3, -0.25) is 0 Å². The third-order valence-electron chi connectivity index (χ3n) is 29.3. The maximum atomic E-state index is 2.44. The average molecular weight is 1840 g/mol. The molecule has 0 amide bonds. The summed E-state index contributed by atoms with van der Waals surface area (Å²) in [5.74, 6) is 0. The van der Waals surface area contributed by atoms with Crippen molar-refractivity contribution in [3.8, 4) is 78.1 Å². The van der Waals surface area contributed by atoms with Crippen LogP contribution in [0.3, 0.4) is 0 Å². The highest BCUT2D eigenvalue weighted by Gasteiger charge is 2.25. The second kappa shape index (κ2) is 34.0. The Bertz CT molecular complexity index is 10000. The first kappa shape index (κ1) is 82.2. The zero-order chi connectivity index (χ0) is 93.4. The largest absolute Gasteiger partial charge is 0.309 e. The Kier molecular flexibility index (Phi) is 19.7. The van der Waals surface area contributed by atoms with Gasteiger partial charge in [0.05, 0.1) is 42.8 Å². The predicted octanol–water partition coefficient (Wildman–Crippen LogP) is 39.3. The molecule has 0 radical (unpaired) electrons. The molecule has 4 aromatic heterocycles. The molecule has 0 aliphatic carbocycles. The molecule has 0 bridgehead atoms. The van der Waals surface area contributed by atoms with E-state index in [-0.39, 0.29) is 0 Å². The van der Waals surface area contributed by atoms with Crippen LogP contribution >= 0.6 is 22.7 Å². The normalized spacial score (nSPS) is 11.8. The van der Waals surface area contributed by atoms with Gasteiger partial charge in [0.15, 0.2) is 0 Å². The predicted molar refractivity (Wildman–Crippen MR) is 612 cm³/mol. The maximum Gasteiger partial charge on any atom is 0.0640 e. The molecule has 4 nitrogen and oxygen atoms in total. The molecule has 6 heteroatoms. The first-order valence-corrected chi connectivity index (χ1v) is 50.4. The van der Waals surface area contributed by atoms with E-state index >= 15 is 0 Å². The second-order valence-corrected chi connectivity index (χ2v) is 39.3. The molecule has 0 spiro atoms. The van der Waals surface area contributed by atoms with Gasteiger partial charge in [-0.1, -0.05) is 364 Å². The van der Waals surface area contributed by atoms with Crippen LogP contribution in [0.4, 0.5) is 34.1 Å². The van der Waals surface area contributed by atoms with E-state index in [9.17, 15) is 0 Å². The SMILES string of the molecule is c1ccc(-c2ccc3c(c2)c2cc(-c4ccc(N(c5ccc(-c6ccc7c8ccccc8c8ccccc8c7c6)cc5)c5cccc6c5sc5ccccc56)cc4)ccc2n3-c2ccccc2)cc1.c1ccc(-n2c3ccc(-c4ccc(N(c5ccc(-c6ccc7c8ccccc8c8ccccc8c7c6)cc5)c5cccc6c5sc5ccccc56)cc4)cc3c3cc(-c4cccc5ccccc45)ccc32)cc1. The number of fused-ring (bicyclic) bond motifs is 25. The van der Waals surface area contributed by atoms with E-state index in [1.54, 1.807) is 0 Å². The highest BCUT2D eigenvalue weighted by atomic mass is 32.1. The van der Waals surface area contributed by atoms with E-state index in [1.165, 1.54) is 237 Å². The molecule has 142 heavy (non-hydrogen) atoms. The number of aromatic nitrogens is 2. The number of hydrogen-bond donors (Lipinski definition) is 0. The number of anilines is 6. The molecule has 25 aromatic carbocycles. The third-order valence-corrected chi connectivity index (χ3v) is 31.8. The number of hydrogen-bond acceptors (Lipinski definition) is 4. The molecule has 29 rings (SSSR count). The lowest BCUT2D eigenvalue weighted by Crippen LogP contribution is -2.10. The van der Waals surface area contributed by atoms with Crippen LogP contribution in [0.25, 0.3) is 237 Å². The first-order valence-electron chi connectivity index (χ1n) is 48.7. The number of thiophene rings is 2. The van der Waals surface area contributed by atoms with Crippen LogP contribution in [0.5, 0.6) is 0 Å². The van der Waals surface area contributed by atoms with Crippen molar-refractivity contribution in [2.45, 2.75) is 0 Å².